The molecule has 2 aromatic rings. The van der Waals surface area contributed by atoms with Crippen LogP contribution in [0.1, 0.15) is 16.8 Å². The molecule has 1 heterocycles. The van der Waals surface area contributed by atoms with Crippen LogP contribution in [0.15, 0.2) is 12.1 Å². The molecule has 6 heteroatoms. The zero-order chi connectivity index (χ0) is 14.2. The zero-order valence-electron chi connectivity index (χ0n) is 10.7. The maximum Gasteiger partial charge on any atom is 0.220 e. The fourth-order valence-corrected chi connectivity index (χ4v) is 2.15. The predicted molar refractivity (Wildman–Crippen MR) is 73.9 cm³/mol. The summed E-state index contributed by atoms with van der Waals surface area (Å²) < 4.78 is 7.37. The van der Waals surface area contributed by atoms with Crippen LogP contribution in [0.3, 0.4) is 0 Å². The van der Waals surface area contributed by atoms with Crippen LogP contribution in [0, 0.1) is 25.2 Å². The molecule has 0 aliphatic carbocycles. The molecule has 4 nitrogen and oxygen atoms in total. The van der Waals surface area contributed by atoms with Crippen LogP contribution in [0.5, 0.6) is 11.6 Å². The molecular formula is C13H11Cl2N3O. The molecule has 0 spiro atoms. The van der Waals surface area contributed by atoms with Gasteiger partial charge in [-0.2, -0.15) is 10.4 Å². The van der Waals surface area contributed by atoms with Crippen molar-refractivity contribution in [2.24, 2.45) is 7.05 Å². The molecule has 19 heavy (non-hydrogen) atoms. The number of hydrogen-bond donors (Lipinski definition) is 0. The quantitative estimate of drug-likeness (QED) is 0.841. The highest BCUT2D eigenvalue weighted by Gasteiger charge is 2.15. The highest BCUT2D eigenvalue weighted by atomic mass is 35.5. The monoisotopic (exact) mass is 295 g/mol. The molecular weight excluding hydrogens is 285 g/mol. The van der Waals surface area contributed by atoms with E-state index in [0.29, 0.717) is 27.2 Å². The first-order valence-corrected chi connectivity index (χ1v) is 6.26. The van der Waals surface area contributed by atoms with E-state index in [1.807, 2.05) is 19.9 Å². The zero-order valence-corrected chi connectivity index (χ0v) is 12.2. The van der Waals surface area contributed by atoms with Gasteiger partial charge in [0.15, 0.2) is 0 Å². The molecule has 2 rings (SSSR count). The third-order valence-corrected chi connectivity index (χ3v) is 3.41. The van der Waals surface area contributed by atoms with Crippen LogP contribution in [0.4, 0.5) is 0 Å². The Morgan fingerprint density at radius 3 is 2.47 bits per heavy atom. The summed E-state index contributed by atoms with van der Waals surface area (Å²) in [6.07, 6.45) is 0. The Morgan fingerprint density at radius 2 is 1.95 bits per heavy atom. The molecule has 0 saturated carbocycles. The average Bonchev–Trinajstić information content (AvgIpc) is 2.59. The number of halogens is 2. The number of nitrogens with zero attached hydrogens (tertiary/aromatic N) is 3. The van der Waals surface area contributed by atoms with Crippen LogP contribution in [0.2, 0.25) is 10.0 Å². The first-order chi connectivity index (χ1) is 8.93. The molecule has 0 saturated heterocycles. The maximum absolute atomic E-state index is 8.96. The first kappa shape index (κ1) is 13.7. The van der Waals surface area contributed by atoms with Crippen molar-refractivity contribution in [2.75, 3.05) is 0 Å². The Hall–Kier alpha value is -1.70. The molecule has 0 atom stereocenters. The average molecular weight is 296 g/mol. The van der Waals surface area contributed by atoms with Crippen LogP contribution in [-0.2, 0) is 7.05 Å². The van der Waals surface area contributed by atoms with Gasteiger partial charge in [0.05, 0.1) is 21.3 Å². The van der Waals surface area contributed by atoms with E-state index in [1.54, 1.807) is 11.7 Å². The summed E-state index contributed by atoms with van der Waals surface area (Å²) in [5.41, 5.74) is 2.12. The minimum Gasteiger partial charge on any atom is -0.437 e. The summed E-state index contributed by atoms with van der Waals surface area (Å²) in [5.74, 6) is 0.972. The fraction of sp³-hybridized carbons (Fsp3) is 0.231. The number of aryl methyl sites for hydroxylation is 2. The summed E-state index contributed by atoms with van der Waals surface area (Å²) >= 11 is 12.0. The van der Waals surface area contributed by atoms with Crippen LogP contribution in [0.25, 0.3) is 0 Å². The third-order valence-electron chi connectivity index (χ3n) is 2.81. The second kappa shape index (κ2) is 5.12. The Bertz CT molecular complexity index is 686. The van der Waals surface area contributed by atoms with E-state index in [4.69, 9.17) is 33.2 Å². The largest absolute Gasteiger partial charge is 0.437 e. The molecule has 0 bridgehead atoms. The topological polar surface area (TPSA) is 50.8 Å². The molecule has 1 aromatic heterocycles. The predicted octanol–water partition coefficient (Wildman–Crippen LogP) is 4.01. The van der Waals surface area contributed by atoms with Crippen molar-refractivity contribution in [1.82, 2.24) is 9.78 Å². The molecule has 0 radical (unpaired) electrons. The minimum atomic E-state index is 0.303. The smallest absolute Gasteiger partial charge is 0.220 e. The first-order valence-electron chi connectivity index (χ1n) is 5.51. The molecule has 1 aromatic carbocycles. The van der Waals surface area contributed by atoms with E-state index >= 15 is 0 Å². The van der Waals surface area contributed by atoms with E-state index in [1.165, 1.54) is 12.1 Å². The van der Waals surface area contributed by atoms with Gasteiger partial charge >= 0.3 is 0 Å². The Balaban J connectivity index is 2.47. The number of aromatic nitrogens is 2. The van der Waals surface area contributed by atoms with Gasteiger partial charge < -0.3 is 4.74 Å². The number of hydrogen-bond acceptors (Lipinski definition) is 3. The summed E-state index contributed by atoms with van der Waals surface area (Å²) in [5, 5.41) is 13.9. The SMILES string of the molecule is Cc1nn(C)c(Oc2cc(C#N)c(Cl)cc2Cl)c1C. The van der Waals surface area contributed by atoms with Gasteiger partial charge in [0, 0.05) is 18.7 Å². The number of nitriles is 1. The van der Waals surface area contributed by atoms with Crippen molar-refractivity contribution in [3.8, 4) is 17.7 Å². The molecule has 0 aliphatic rings. The summed E-state index contributed by atoms with van der Waals surface area (Å²) in [6.45, 7) is 3.80. The third kappa shape index (κ3) is 2.53. The number of ether oxygens (including phenoxy) is 1. The summed E-state index contributed by atoms with van der Waals surface area (Å²) in [7, 11) is 1.78. The van der Waals surface area contributed by atoms with E-state index < -0.39 is 0 Å². The Kier molecular flexibility index (Phi) is 3.70. The van der Waals surface area contributed by atoms with Crippen LogP contribution in [-0.4, -0.2) is 9.78 Å². The van der Waals surface area contributed by atoms with E-state index in [0.717, 1.165) is 11.3 Å². The summed E-state index contributed by atoms with van der Waals surface area (Å²) in [4.78, 5) is 0. The van der Waals surface area contributed by atoms with Gasteiger partial charge in [-0.1, -0.05) is 23.2 Å². The fourth-order valence-electron chi connectivity index (χ4n) is 1.68. The Morgan fingerprint density at radius 1 is 1.26 bits per heavy atom. The lowest BCUT2D eigenvalue weighted by atomic mass is 10.2. The van der Waals surface area contributed by atoms with Gasteiger partial charge in [0.2, 0.25) is 5.88 Å². The normalized spacial score (nSPS) is 10.3. The van der Waals surface area contributed by atoms with Gasteiger partial charge in [0.1, 0.15) is 11.8 Å². The lowest BCUT2D eigenvalue weighted by Gasteiger charge is -2.09. The lowest BCUT2D eigenvalue weighted by molar-refractivity contribution is 0.428. The Labute approximate surface area is 121 Å². The van der Waals surface area contributed by atoms with Gasteiger partial charge in [-0.15, -0.1) is 0 Å². The van der Waals surface area contributed by atoms with Crippen molar-refractivity contribution < 1.29 is 4.74 Å². The van der Waals surface area contributed by atoms with E-state index in [2.05, 4.69) is 5.10 Å². The van der Waals surface area contributed by atoms with E-state index in [-0.39, 0.29) is 0 Å². The van der Waals surface area contributed by atoms with Crippen LogP contribution >= 0.6 is 23.2 Å². The molecule has 0 amide bonds. The highest BCUT2D eigenvalue weighted by molar-refractivity contribution is 6.36. The maximum atomic E-state index is 8.96. The number of benzene rings is 1. The molecule has 98 valence electrons. The van der Waals surface area contributed by atoms with Gasteiger partial charge in [0.25, 0.3) is 0 Å². The molecule has 0 fully saturated rings. The second-order valence-corrected chi connectivity index (χ2v) is 4.93. The molecule has 0 aliphatic heterocycles. The highest BCUT2D eigenvalue weighted by Crippen LogP contribution is 2.35. The van der Waals surface area contributed by atoms with Gasteiger partial charge in [-0.25, -0.2) is 4.68 Å². The van der Waals surface area contributed by atoms with Crippen molar-refractivity contribution >= 4 is 23.2 Å². The minimum absolute atomic E-state index is 0.303. The van der Waals surface area contributed by atoms with E-state index in [9.17, 15) is 0 Å². The van der Waals surface area contributed by atoms with Gasteiger partial charge in [-0.05, 0) is 19.9 Å². The molecule has 0 N–H and O–H groups in total. The van der Waals surface area contributed by atoms with Gasteiger partial charge in [-0.3, -0.25) is 0 Å². The van der Waals surface area contributed by atoms with Crippen molar-refractivity contribution in [3.05, 3.63) is 39.0 Å². The van der Waals surface area contributed by atoms with Crippen LogP contribution < -0.4 is 4.74 Å². The van der Waals surface area contributed by atoms with Crippen molar-refractivity contribution in [1.29, 1.82) is 5.26 Å². The molecule has 0 unspecified atom stereocenters. The second-order valence-electron chi connectivity index (χ2n) is 4.12. The summed E-state index contributed by atoms with van der Waals surface area (Å²) in [6, 6.07) is 5.01. The standard InChI is InChI=1S/C13H11Cl2N3O/c1-7-8(2)17-18(3)13(7)19-12-4-9(6-16)10(14)5-11(12)15/h4-5H,1-3H3. The van der Waals surface area contributed by atoms with Crippen molar-refractivity contribution in [2.45, 2.75) is 13.8 Å². The van der Waals surface area contributed by atoms with Crippen molar-refractivity contribution in [3.63, 3.8) is 0 Å². The number of rotatable bonds is 2. The lowest BCUT2D eigenvalue weighted by Crippen LogP contribution is -1.97.